The van der Waals surface area contributed by atoms with Gasteiger partial charge >= 0.3 is 0 Å². The second-order valence-corrected chi connectivity index (χ2v) is 8.30. The molecule has 4 nitrogen and oxygen atoms in total. The maximum Gasteiger partial charge on any atom is 0.189 e. The van der Waals surface area contributed by atoms with Gasteiger partial charge in [0.2, 0.25) is 0 Å². The number of rotatable bonds is 5. The minimum absolute atomic E-state index is 0.284. The van der Waals surface area contributed by atoms with Crippen LogP contribution in [-0.4, -0.2) is 20.5 Å². The highest BCUT2D eigenvalue weighted by Crippen LogP contribution is 2.41. The molecule has 0 aliphatic rings. The number of nitrogens with one attached hydrogen (secondary N) is 1. The number of fused-ring (bicyclic) bond motifs is 1. The molecule has 1 aromatic heterocycles. The van der Waals surface area contributed by atoms with E-state index in [1.807, 2.05) is 48.5 Å². The molecule has 1 unspecified atom stereocenters. The molecule has 0 saturated carbocycles. The first kappa shape index (κ1) is 17.4. The normalized spacial score (nSPS) is 12.8. The molecule has 1 heterocycles. The number of ether oxygens (including phenoxy) is 1. The van der Waals surface area contributed by atoms with Gasteiger partial charge in [-0.05, 0) is 24.3 Å². The fourth-order valence-corrected chi connectivity index (χ4v) is 5.31. The maximum atomic E-state index is 13.7. The van der Waals surface area contributed by atoms with Gasteiger partial charge in [0.15, 0.2) is 9.84 Å². The van der Waals surface area contributed by atoms with Crippen molar-refractivity contribution < 1.29 is 13.2 Å². The van der Waals surface area contributed by atoms with Gasteiger partial charge in [-0.25, -0.2) is 8.42 Å². The summed E-state index contributed by atoms with van der Waals surface area (Å²) in [6.45, 7) is 0. The molecule has 4 rings (SSSR count). The van der Waals surface area contributed by atoms with Crippen LogP contribution in [0.5, 0.6) is 5.75 Å². The second kappa shape index (κ2) is 6.93. The Bertz CT molecular complexity index is 1180. The monoisotopic (exact) mass is 377 g/mol. The molecule has 27 heavy (non-hydrogen) atoms. The molecule has 0 amide bonds. The lowest BCUT2D eigenvalue weighted by molar-refractivity contribution is 0.409. The lowest BCUT2D eigenvalue weighted by Gasteiger charge is -2.20. The van der Waals surface area contributed by atoms with Crippen LogP contribution in [-0.2, 0) is 9.84 Å². The van der Waals surface area contributed by atoms with Gasteiger partial charge in [0.1, 0.15) is 11.0 Å². The summed E-state index contributed by atoms with van der Waals surface area (Å²) in [7, 11) is -2.15. The van der Waals surface area contributed by atoms with Crippen LogP contribution in [0.3, 0.4) is 0 Å². The van der Waals surface area contributed by atoms with Crippen LogP contribution in [0.15, 0.2) is 90.0 Å². The van der Waals surface area contributed by atoms with E-state index in [0.29, 0.717) is 16.9 Å². The number of methoxy groups -OCH3 is 1. The Kier molecular flexibility index (Phi) is 4.46. The molecule has 0 aliphatic carbocycles. The van der Waals surface area contributed by atoms with Crippen molar-refractivity contribution in [2.45, 2.75) is 10.1 Å². The summed E-state index contributed by atoms with van der Waals surface area (Å²) < 4.78 is 32.8. The third kappa shape index (κ3) is 3.00. The van der Waals surface area contributed by atoms with Crippen LogP contribution in [0.25, 0.3) is 10.9 Å². The fourth-order valence-electron chi connectivity index (χ4n) is 3.44. The van der Waals surface area contributed by atoms with Crippen molar-refractivity contribution in [3.63, 3.8) is 0 Å². The SMILES string of the molecule is COc1ccccc1C(c1c[nH]c2ccccc12)S(=O)(=O)c1ccccc1. The highest BCUT2D eigenvalue weighted by Gasteiger charge is 2.34. The predicted octanol–water partition coefficient (Wildman–Crippen LogP) is 4.74. The Balaban J connectivity index is 2.02. The number of sulfone groups is 1. The van der Waals surface area contributed by atoms with Crippen LogP contribution in [0.4, 0.5) is 0 Å². The largest absolute Gasteiger partial charge is 0.496 e. The van der Waals surface area contributed by atoms with Crippen molar-refractivity contribution in [2.75, 3.05) is 7.11 Å². The van der Waals surface area contributed by atoms with Gasteiger partial charge in [0, 0.05) is 28.2 Å². The smallest absolute Gasteiger partial charge is 0.189 e. The van der Waals surface area contributed by atoms with Crippen LogP contribution in [0.2, 0.25) is 0 Å². The Hall–Kier alpha value is -3.05. The third-order valence-corrected chi connectivity index (χ3v) is 6.76. The average Bonchev–Trinajstić information content (AvgIpc) is 3.13. The van der Waals surface area contributed by atoms with Crippen molar-refractivity contribution in [2.24, 2.45) is 0 Å². The zero-order chi connectivity index (χ0) is 18.9. The standard InChI is InChI=1S/C22H19NO3S/c1-26-21-14-8-6-12-18(21)22(27(24,25)16-9-3-2-4-10-16)19-15-23-20-13-7-5-11-17(19)20/h2-15,22-23H,1H3. The zero-order valence-corrected chi connectivity index (χ0v) is 15.6. The topological polar surface area (TPSA) is 59.2 Å². The van der Waals surface area contributed by atoms with E-state index in [4.69, 9.17) is 4.74 Å². The number of benzene rings is 3. The quantitative estimate of drug-likeness (QED) is 0.546. The van der Waals surface area contributed by atoms with E-state index in [0.717, 1.165) is 10.9 Å². The molecule has 0 aliphatic heterocycles. The number of aromatic amines is 1. The lowest BCUT2D eigenvalue weighted by Crippen LogP contribution is -2.16. The van der Waals surface area contributed by atoms with Crippen LogP contribution >= 0.6 is 0 Å². The first-order chi connectivity index (χ1) is 13.1. The molecule has 0 spiro atoms. The molecule has 4 aromatic rings. The van der Waals surface area contributed by atoms with Gasteiger partial charge in [-0.15, -0.1) is 0 Å². The van der Waals surface area contributed by atoms with E-state index >= 15 is 0 Å². The van der Waals surface area contributed by atoms with Crippen molar-refractivity contribution in [3.05, 3.63) is 96.2 Å². The minimum Gasteiger partial charge on any atom is -0.496 e. The number of H-pyrrole nitrogens is 1. The summed E-state index contributed by atoms with van der Waals surface area (Å²) in [5, 5.41) is 0.000104. The molecule has 1 atom stereocenters. The summed E-state index contributed by atoms with van der Waals surface area (Å²) in [4.78, 5) is 3.48. The lowest BCUT2D eigenvalue weighted by atomic mass is 10.0. The molecule has 0 bridgehead atoms. The highest BCUT2D eigenvalue weighted by atomic mass is 32.2. The molecule has 0 radical (unpaired) electrons. The second-order valence-electron chi connectivity index (χ2n) is 6.27. The molecule has 1 N–H and O–H groups in total. The summed E-state index contributed by atoms with van der Waals surface area (Å²) in [6, 6.07) is 23.5. The van der Waals surface area contributed by atoms with E-state index in [-0.39, 0.29) is 4.90 Å². The number of hydrogen-bond donors (Lipinski definition) is 1. The number of aromatic nitrogens is 1. The van der Waals surface area contributed by atoms with Gasteiger partial charge in [-0.2, -0.15) is 0 Å². The fraction of sp³-hybridized carbons (Fsp3) is 0.0909. The van der Waals surface area contributed by atoms with Gasteiger partial charge in [-0.3, -0.25) is 0 Å². The van der Waals surface area contributed by atoms with Crippen molar-refractivity contribution >= 4 is 20.7 Å². The summed E-state index contributed by atoms with van der Waals surface area (Å²) >= 11 is 0. The van der Waals surface area contributed by atoms with E-state index in [9.17, 15) is 8.42 Å². The molecule has 3 aromatic carbocycles. The molecule has 0 saturated heterocycles. The minimum atomic E-state index is -3.70. The summed E-state index contributed by atoms with van der Waals surface area (Å²) in [6.07, 6.45) is 1.78. The molecule has 5 heteroatoms. The van der Waals surface area contributed by atoms with E-state index in [1.54, 1.807) is 43.6 Å². The zero-order valence-electron chi connectivity index (χ0n) is 14.8. The average molecular weight is 377 g/mol. The first-order valence-electron chi connectivity index (χ1n) is 8.61. The third-order valence-electron chi connectivity index (χ3n) is 4.71. The predicted molar refractivity (Wildman–Crippen MR) is 107 cm³/mol. The summed E-state index contributed by atoms with van der Waals surface area (Å²) in [5.74, 6) is 0.548. The highest BCUT2D eigenvalue weighted by molar-refractivity contribution is 7.92. The summed E-state index contributed by atoms with van der Waals surface area (Å²) in [5.41, 5.74) is 2.23. The van der Waals surface area contributed by atoms with E-state index in [1.165, 1.54) is 0 Å². The van der Waals surface area contributed by atoms with Gasteiger partial charge < -0.3 is 9.72 Å². The molecule has 136 valence electrons. The van der Waals surface area contributed by atoms with E-state index in [2.05, 4.69) is 4.98 Å². The number of hydrogen-bond acceptors (Lipinski definition) is 3. The van der Waals surface area contributed by atoms with Crippen molar-refractivity contribution in [1.82, 2.24) is 4.98 Å². The van der Waals surface area contributed by atoms with Crippen molar-refractivity contribution in [3.8, 4) is 5.75 Å². The van der Waals surface area contributed by atoms with E-state index < -0.39 is 15.1 Å². The van der Waals surface area contributed by atoms with Gasteiger partial charge in [-0.1, -0.05) is 54.6 Å². The Morgan fingerprint density at radius 2 is 1.48 bits per heavy atom. The van der Waals surface area contributed by atoms with Gasteiger partial charge in [0.25, 0.3) is 0 Å². The first-order valence-corrected chi connectivity index (χ1v) is 10.2. The molecular formula is C22H19NO3S. The van der Waals surface area contributed by atoms with Crippen LogP contribution < -0.4 is 4.74 Å². The Labute approximate surface area is 158 Å². The van der Waals surface area contributed by atoms with Gasteiger partial charge in [0.05, 0.1) is 12.0 Å². The molecule has 0 fully saturated rings. The molecular weight excluding hydrogens is 358 g/mol. The Morgan fingerprint density at radius 3 is 2.26 bits per heavy atom. The Morgan fingerprint density at radius 1 is 0.815 bits per heavy atom. The van der Waals surface area contributed by atoms with Crippen LogP contribution in [0.1, 0.15) is 16.4 Å². The van der Waals surface area contributed by atoms with Crippen LogP contribution in [0, 0.1) is 0 Å². The van der Waals surface area contributed by atoms with Crippen molar-refractivity contribution in [1.29, 1.82) is 0 Å². The maximum absolute atomic E-state index is 13.7. The number of para-hydroxylation sites is 2.